The lowest BCUT2D eigenvalue weighted by atomic mass is 10.3. The molecule has 0 aliphatic rings. The van der Waals surface area contributed by atoms with E-state index >= 15 is 0 Å². The molecule has 76 valence electrons. The fourth-order valence-corrected chi connectivity index (χ4v) is 0.413. The molecule has 0 aromatic rings. The Morgan fingerprint density at radius 1 is 0.786 bits per heavy atom. The van der Waals surface area contributed by atoms with Gasteiger partial charge in [-0.15, -0.1) is 0 Å². The number of ketones is 1. The second-order valence-electron chi connectivity index (χ2n) is 1.89. The topological polar surface area (TPSA) is 51.2 Å². The van der Waals surface area contributed by atoms with E-state index in [1.807, 2.05) is 0 Å². The lowest BCUT2D eigenvalue weighted by Crippen LogP contribution is -2.02. The lowest BCUT2D eigenvalue weighted by molar-refractivity contribution is -0.128. The van der Waals surface area contributed by atoms with Crippen molar-refractivity contribution in [3.05, 3.63) is 23.3 Å². The SMILES string of the molecule is O=CC(=O)C(F)=C(F)C(F)=C(F)C=O. The zero-order chi connectivity index (χ0) is 11.3. The zero-order valence-electron chi connectivity index (χ0n) is 6.39. The predicted octanol–water partition coefficient (Wildman–Crippen LogP) is 1.25. The van der Waals surface area contributed by atoms with Gasteiger partial charge in [0.15, 0.2) is 12.6 Å². The molecule has 7 heteroatoms. The number of halogens is 4. The molecule has 0 aliphatic carbocycles. The predicted molar refractivity (Wildman–Crippen MR) is 35.6 cm³/mol. The van der Waals surface area contributed by atoms with Crippen molar-refractivity contribution in [1.29, 1.82) is 0 Å². The Morgan fingerprint density at radius 2 is 1.29 bits per heavy atom. The van der Waals surface area contributed by atoms with Gasteiger partial charge in [-0.2, -0.15) is 4.39 Å². The highest BCUT2D eigenvalue weighted by Crippen LogP contribution is 2.22. The van der Waals surface area contributed by atoms with Crippen molar-refractivity contribution in [3.8, 4) is 0 Å². The molecule has 0 bridgehead atoms. The average molecular weight is 210 g/mol. The third kappa shape index (κ3) is 2.61. The first-order chi connectivity index (χ1) is 6.45. The number of hydrogen-bond acceptors (Lipinski definition) is 3. The molecule has 0 rings (SSSR count). The van der Waals surface area contributed by atoms with Crippen LogP contribution in [0.15, 0.2) is 23.3 Å². The molecule has 0 heterocycles. The summed E-state index contributed by atoms with van der Waals surface area (Å²) in [6.07, 6.45) is -1.34. The molecule has 0 atom stereocenters. The van der Waals surface area contributed by atoms with Crippen molar-refractivity contribution in [3.63, 3.8) is 0 Å². The summed E-state index contributed by atoms with van der Waals surface area (Å²) in [6.45, 7) is 0. The van der Waals surface area contributed by atoms with E-state index in [0.717, 1.165) is 0 Å². The van der Waals surface area contributed by atoms with Crippen molar-refractivity contribution in [1.82, 2.24) is 0 Å². The fraction of sp³-hybridized carbons (Fsp3) is 0. The van der Waals surface area contributed by atoms with E-state index in [9.17, 15) is 31.9 Å². The van der Waals surface area contributed by atoms with Crippen molar-refractivity contribution in [2.75, 3.05) is 0 Å². The van der Waals surface area contributed by atoms with Crippen LogP contribution in [0.3, 0.4) is 0 Å². The van der Waals surface area contributed by atoms with Crippen LogP contribution >= 0.6 is 0 Å². The molecule has 14 heavy (non-hydrogen) atoms. The zero-order valence-corrected chi connectivity index (χ0v) is 6.39. The van der Waals surface area contributed by atoms with Gasteiger partial charge in [0.25, 0.3) is 5.78 Å². The summed E-state index contributed by atoms with van der Waals surface area (Å²) in [4.78, 5) is 29.3. The van der Waals surface area contributed by atoms with Crippen LogP contribution in [-0.4, -0.2) is 18.4 Å². The van der Waals surface area contributed by atoms with E-state index in [2.05, 4.69) is 0 Å². The van der Waals surface area contributed by atoms with E-state index in [1.54, 1.807) is 0 Å². The van der Waals surface area contributed by atoms with Gasteiger partial charge < -0.3 is 0 Å². The Hall–Kier alpha value is -1.79. The number of aldehydes is 2. The maximum atomic E-state index is 12.4. The number of rotatable bonds is 4. The molecule has 0 fully saturated rings. The van der Waals surface area contributed by atoms with Gasteiger partial charge in [0.2, 0.25) is 23.3 Å². The summed E-state index contributed by atoms with van der Waals surface area (Å²) >= 11 is 0. The van der Waals surface area contributed by atoms with E-state index in [0.29, 0.717) is 0 Å². The molecule has 0 spiro atoms. The van der Waals surface area contributed by atoms with Gasteiger partial charge in [0.05, 0.1) is 0 Å². The molecule has 0 aromatic carbocycles. The van der Waals surface area contributed by atoms with Crippen LogP contribution in [0.5, 0.6) is 0 Å². The summed E-state index contributed by atoms with van der Waals surface area (Å²) < 4.78 is 48.9. The van der Waals surface area contributed by atoms with E-state index < -0.39 is 41.7 Å². The third-order valence-corrected chi connectivity index (χ3v) is 1.02. The first-order valence-electron chi connectivity index (χ1n) is 3.01. The molecule has 0 radical (unpaired) electrons. The van der Waals surface area contributed by atoms with Crippen molar-refractivity contribution < 1.29 is 31.9 Å². The Bertz CT molecular complexity index is 343. The molecule has 0 saturated heterocycles. The summed E-state index contributed by atoms with van der Waals surface area (Å²) in [5, 5.41) is 0. The van der Waals surface area contributed by atoms with Crippen LogP contribution in [0.25, 0.3) is 0 Å². The van der Waals surface area contributed by atoms with Crippen molar-refractivity contribution in [2.45, 2.75) is 0 Å². The fourth-order valence-electron chi connectivity index (χ4n) is 0.413. The Balaban J connectivity index is 5.31. The molecule has 3 nitrogen and oxygen atoms in total. The van der Waals surface area contributed by atoms with Gasteiger partial charge in [0.1, 0.15) is 0 Å². The molecule has 0 saturated carbocycles. The van der Waals surface area contributed by atoms with Crippen LogP contribution in [0.1, 0.15) is 0 Å². The van der Waals surface area contributed by atoms with Gasteiger partial charge in [-0.1, -0.05) is 0 Å². The second kappa shape index (κ2) is 5.05. The Morgan fingerprint density at radius 3 is 1.64 bits per heavy atom. The molecule has 0 aliphatic heterocycles. The van der Waals surface area contributed by atoms with Crippen LogP contribution in [0.4, 0.5) is 17.6 Å². The van der Waals surface area contributed by atoms with Gasteiger partial charge in [-0.3, -0.25) is 14.4 Å². The minimum absolute atomic E-state index is 0.624. The third-order valence-electron chi connectivity index (χ3n) is 1.02. The van der Waals surface area contributed by atoms with Crippen LogP contribution in [0, 0.1) is 0 Å². The monoisotopic (exact) mass is 210 g/mol. The van der Waals surface area contributed by atoms with E-state index in [4.69, 9.17) is 0 Å². The van der Waals surface area contributed by atoms with E-state index in [-0.39, 0.29) is 0 Å². The van der Waals surface area contributed by atoms with Gasteiger partial charge in [-0.25, -0.2) is 13.2 Å². The summed E-state index contributed by atoms with van der Waals surface area (Å²) in [7, 11) is 0. The highest BCUT2D eigenvalue weighted by Gasteiger charge is 2.21. The average Bonchev–Trinajstić information content (AvgIpc) is 2.23. The standard InChI is InChI=1S/C7H2F4O3/c8-3(1-12)5(9)7(11)6(10)4(14)2-13/h1-2H. The maximum absolute atomic E-state index is 12.4. The van der Waals surface area contributed by atoms with E-state index in [1.165, 1.54) is 0 Å². The molecular weight excluding hydrogens is 208 g/mol. The van der Waals surface area contributed by atoms with Crippen LogP contribution in [0.2, 0.25) is 0 Å². The minimum atomic E-state index is -2.52. The number of hydrogen-bond donors (Lipinski definition) is 0. The maximum Gasteiger partial charge on any atom is 0.256 e. The number of carbonyl (C=O) groups excluding carboxylic acids is 3. The lowest BCUT2D eigenvalue weighted by Gasteiger charge is -1.93. The first kappa shape index (κ1) is 12.2. The largest absolute Gasteiger partial charge is 0.295 e. The van der Waals surface area contributed by atoms with Gasteiger partial charge in [0, 0.05) is 0 Å². The number of allylic oxidation sites excluding steroid dienone is 4. The highest BCUT2D eigenvalue weighted by atomic mass is 19.2. The molecule has 0 N–H and O–H groups in total. The van der Waals surface area contributed by atoms with Crippen molar-refractivity contribution >= 4 is 18.4 Å². The summed E-state index contributed by atoms with van der Waals surface area (Å²) in [6, 6.07) is 0. The number of carbonyl (C=O) groups is 3. The van der Waals surface area contributed by atoms with Gasteiger partial charge >= 0.3 is 0 Å². The highest BCUT2D eigenvalue weighted by molar-refractivity contribution is 6.32. The van der Waals surface area contributed by atoms with Crippen molar-refractivity contribution in [2.24, 2.45) is 0 Å². The summed E-state index contributed by atoms with van der Waals surface area (Å²) in [5.41, 5.74) is 0. The Kier molecular flexibility index (Phi) is 4.41. The first-order valence-corrected chi connectivity index (χ1v) is 3.01. The summed E-state index contributed by atoms with van der Waals surface area (Å²) in [5.74, 6) is -11.6. The second-order valence-corrected chi connectivity index (χ2v) is 1.89. The quantitative estimate of drug-likeness (QED) is 0.231. The minimum Gasteiger partial charge on any atom is -0.295 e. The Labute approximate surface area is 74.7 Å². The van der Waals surface area contributed by atoms with Crippen LogP contribution in [-0.2, 0) is 14.4 Å². The molecule has 0 amide bonds. The molecule has 0 aromatic heterocycles. The van der Waals surface area contributed by atoms with Crippen LogP contribution < -0.4 is 0 Å². The number of Topliss-reactive ketones (excluding diaryl/α,β-unsaturated/α-hetero) is 1. The molecular formula is C7H2F4O3. The molecule has 0 unspecified atom stereocenters. The smallest absolute Gasteiger partial charge is 0.256 e. The van der Waals surface area contributed by atoms with Gasteiger partial charge in [-0.05, 0) is 0 Å². The normalized spacial score (nSPS) is 14.0.